The standard InChI is InChI=1S/C25H30ClN5O3/c26-20-8-4-5-9-21(20)28-23(32)16-22-25(34)27-10-11-31(22)24(33)18-30-14-12-29(13-15-30)17-19-6-2-1-3-7-19/h1-9,22H,10-18H2,(H,27,34)(H,28,32)/t22-/m0/s1. The molecule has 4 rings (SSSR count). The van der Waals surface area contributed by atoms with E-state index in [1.807, 2.05) is 18.2 Å². The Kier molecular flexibility index (Phi) is 8.16. The Morgan fingerprint density at radius 2 is 1.62 bits per heavy atom. The highest BCUT2D eigenvalue weighted by Gasteiger charge is 2.35. The lowest BCUT2D eigenvalue weighted by Gasteiger charge is -2.38. The van der Waals surface area contributed by atoms with E-state index in [0.717, 1.165) is 32.7 Å². The fourth-order valence-corrected chi connectivity index (χ4v) is 4.57. The van der Waals surface area contributed by atoms with Gasteiger partial charge in [-0.3, -0.25) is 24.2 Å². The molecule has 0 aromatic heterocycles. The number of para-hydroxylation sites is 1. The van der Waals surface area contributed by atoms with Gasteiger partial charge in [0.05, 0.1) is 23.7 Å². The molecule has 2 fully saturated rings. The number of rotatable bonds is 7. The number of carbonyl (C=O) groups is 3. The van der Waals surface area contributed by atoms with Crippen LogP contribution in [0, 0.1) is 0 Å². The van der Waals surface area contributed by atoms with Crippen LogP contribution in [0.15, 0.2) is 54.6 Å². The first kappa shape index (κ1) is 24.2. The van der Waals surface area contributed by atoms with Crippen LogP contribution in [0.5, 0.6) is 0 Å². The Labute approximate surface area is 204 Å². The van der Waals surface area contributed by atoms with Crippen molar-refractivity contribution in [3.8, 4) is 0 Å². The van der Waals surface area contributed by atoms with E-state index < -0.39 is 6.04 Å². The van der Waals surface area contributed by atoms with Gasteiger partial charge < -0.3 is 15.5 Å². The van der Waals surface area contributed by atoms with Crippen molar-refractivity contribution in [3.05, 3.63) is 65.2 Å². The largest absolute Gasteiger partial charge is 0.353 e. The lowest BCUT2D eigenvalue weighted by Crippen LogP contribution is -2.60. The van der Waals surface area contributed by atoms with Crippen molar-refractivity contribution in [2.24, 2.45) is 0 Å². The van der Waals surface area contributed by atoms with Gasteiger partial charge in [-0.1, -0.05) is 54.1 Å². The minimum Gasteiger partial charge on any atom is -0.353 e. The summed E-state index contributed by atoms with van der Waals surface area (Å²) in [4.78, 5) is 44.3. The Morgan fingerprint density at radius 1 is 0.941 bits per heavy atom. The molecule has 1 atom stereocenters. The number of nitrogens with one attached hydrogen (secondary N) is 2. The molecule has 180 valence electrons. The van der Waals surface area contributed by atoms with Crippen molar-refractivity contribution in [1.82, 2.24) is 20.0 Å². The summed E-state index contributed by atoms with van der Waals surface area (Å²) < 4.78 is 0. The van der Waals surface area contributed by atoms with E-state index >= 15 is 0 Å². The van der Waals surface area contributed by atoms with Crippen molar-refractivity contribution in [1.29, 1.82) is 0 Å². The molecule has 0 aliphatic carbocycles. The van der Waals surface area contributed by atoms with Gasteiger partial charge in [-0.2, -0.15) is 0 Å². The van der Waals surface area contributed by atoms with Gasteiger partial charge in [0.15, 0.2) is 0 Å². The first-order valence-electron chi connectivity index (χ1n) is 11.6. The lowest BCUT2D eigenvalue weighted by atomic mass is 10.1. The van der Waals surface area contributed by atoms with Crippen LogP contribution < -0.4 is 10.6 Å². The Morgan fingerprint density at radius 3 is 2.35 bits per heavy atom. The molecule has 0 radical (unpaired) electrons. The van der Waals surface area contributed by atoms with Crippen molar-refractivity contribution in [3.63, 3.8) is 0 Å². The third kappa shape index (κ3) is 6.34. The molecule has 2 N–H and O–H groups in total. The predicted octanol–water partition coefficient (Wildman–Crippen LogP) is 1.81. The summed E-state index contributed by atoms with van der Waals surface area (Å²) in [6, 6.07) is 16.4. The highest BCUT2D eigenvalue weighted by Crippen LogP contribution is 2.21. The fourth-order valence-electron chi connectivity index (χ4n) is 4.38. The van der Waals surface area contributed by atoms with Crippen LogP contribution >= 0.6 is 11.6 Å². The van der Waals surface area contributed by atoms with E-state index in [1.54, 1.807) is 29.2 Å². The lowest BCUT2D eigenvalue weighted by molar-refractivity contribution is -0.145. The Balaban J connectivity index is 1.30. The van der Waals surface area contributed by atoms with E-state index in [4.69, 9.17) is 11.6 Å². The van der Waals surface area contributed by atoms with Crippen molar-refractivity contribution >= 4 is 35.0 Å². The van der Waals surface area contributed by atoms with Gasteiger partial charge in [0.2, 0.25) is 17.7 Å². The van der Waals surface area contributed by atoms with Crippen LogP contribution in [0.2, 0.25) is 5.02 Å². The molecule has 34 heavy (non-hydrogen) atoms. The second kappa shape index (κ2) is 11.5. The molecule has 2 aliphatic rings. The van der Waals surface area contributed by atoms with Crippen LogP contribution in [0.1, 0.15) is 12.0 Å². The molecule has 0 spiro atoms. The molecule has 2 heterocycles. The van der Waals surface area contributed by atoms with Gasteiger partial charge in [-0.25, -0.2) is 0 Å². The maximum Gasteiger partial charge on any atom is 0.243 e. The van der Waals surface area contributed by atoms with Gasteiger partial charge in [0.1, 0.15) is 6.04 Å². The summed E-state index contributed by atoms with van der Waals surface area (Å²) in [6.45, 7) is 5.26. The van der Waals surface area contributed by atoms with Crippen molar-refractivity contribution < 1.29 is 14.4 Å². The molecule has 0 saturated carbocycles. The molecule has 9 heteroatoms. The van der Waals surface area contributed by atoms with E-state index in [2.05, 4.69) is 32.6 Å². The van der Waals surface area contributed by atoms with Crippen LogP contribution in [-0.2, 0) is 20.9 Å². The summed E-state index contributed by atoms with van der Waals surface area (Å²) in [6.07, 6.45) is -0.117. The summed E-state index contributed by atoms with van der Waals surface area (Å²) in [5.74, 6) is -0.786. The highest BCUT2D eigenvalue weighted by molar-refractivity contribution is 6.33. The molecule has 0 bridgehead atoms. The Hall–Kier alpha value is -2.94. The number of carbonyl (C=O) groups excluding carboxylic acids is 3. The number of anilines is 1. The summed E-state index contributed by atoms with van der Waals surface area (Å²) in [7, 11) is 0. The molecule has 2 aliphatic heterocycles. The normalized spacial score (nSPS) is 19.5. The second-order valence-corrected chi connectivity index (χ2v) is 9.07. The van der Waals surface area contributed by atoms with E-state index in [1.165, 1.54) is 5.56 Å². The van der Waals surface area contributed by atoms with Crippen LogP contribution in [-0.4, -0.2) is 84.3 Å². The summed E-state index contributed by atoms with van der Waals surface area (Å²) in [5.41, 5.74) is 1.76. The molecule has 0 unspecified atom stereocenters. The molecule has 2 aromatic carbocycles. The average Bonchev–Trinajstić information content (AvgIpc) is 2.84. The van der Waals surface area contributed by atoms with E-state index in [9.17, 15) is 14.4 Å². The average molecular weight is 484 g/mol. The number of amides is 3. The first-order chi connectivity index (χ1) is 16.5. The predicted molar refractivity (Wildman–Crippen MR) is 131 cm³/mol. The van der Waals surface area contributed by atoms with E-state index in [-0.39, 0.29) is 30.7 Å². The smallest absolute Gasteiger partial charge is 0.243 e. The maximum atomic E-state index is 13.1. The van der Waals surface area contributed by atoms with E-state index in [0.29, 0.717) is 23.8 Å². The molecule has 2 saturated heterocycles. The second-order valence-electron chi connectivity index (χ2n) is 8.66. The highest BCUT2D eigenvalue weighted by atomic mass is 35.5. The van der Waals surface area contributed by atoms with Gasteiger partial charge in [0, 0.05) is 45.8 Å². The topological polar surface area (TPSA) is 85.0 Å². The van der Waals surface area contributed by atoms with Gasteiger partial charge >= 0.3 is 0 Å². The molecular formula is C25H30ClN5O3. The Bertz CT molecular complexity index is 1010. The number of halogens is 1. The van der Waals surface area contributed by atoms with Crippen LogP contribution in [0.25, 0.3) is 0 Å². The molecule has 2 aromatic rings. The number of nitrogens with zero attached hydrogens (tertiary/aromatic N) is 3. The number of piperazine rings is 2. The minimum atomic E-state index is -0.830. The first-order valence-corrected chi connectivity index (χ1v) is 12.0. The zero-order valence-corrected chi connectivity index (χ0v) is 19.8. The number of hydrogen-bond donors (Lipinski definition) is 2. The third-order valence-electron chi connectivity index (χ3n) is 6.25. The van der Waals surface area contributed by atoms with Crippen LogP contribution in [0.4, 0.5) is 5.69 Å². The fraction of sp³-hybridized carbons (Fsp3) is 0.400. The molecular weight excluding hydrogens is 454 g/mol. The summed E-state index contributed by atoms with van der Waals surface area (Å²) >= 11 is 6.12. The maximum absolute atomic E-state index is 13.1. The van der Waals surface area contributed by atoms with Crippen molar-refractivity contribution in [2.45, 2.75) is 19.0 Å². The molecule has 8 nitrogen and oxygen atoms in total. The van der Waals surface area contributed by atoms with Crippen molar-refractivity contribution in [2.75, 3.05) is 51.1 Å². The zero-order chi connectivity index (χ0) is 23.9. The quantitative estimate of drug-likeness (QED) is 0.627. The van der Waals surface area contributed by atoms with Gasteiger partial charge in [-0.15, -0.1) is 0 Å². The SMILES string of the molecule is O=C(C[C@H]1C(=O)NCCN1C(=O)CN1CCN(Cc2ccccc2)CC1)Nc1ccccc1Cl. The monoisotopic (exact) mass is 483 g/mol. The number of benzene rings is 2. The minimum absolute atomic E-state index is 0.117. The van der Waals surface area contributed by atoms with Crippen LogP contribution in [0.3, 0.4) is 0 Å². The third-order valence-corrected chi connectivity index (χ3v) is 6.58. The van der Waals surface area contributed by atoms with Gasteiger partial charge in [-0.05, 0) is 17.7 Å². The summed E-state index contributed by atoms with van der Waals surface area (Å²) in [5, 5.41) is 5.93. The number of hydrogen-bond acceptors (Lipinski definition) is 5. The zero-order valence-electron chi connectivity index (χ0n) is 19.1. The van der Waals surface area contributed by atoms with Gasteiger partial charge in [0.25, 0.3) is 0 Å². The molecule has 3 amide bonds.